The van der Waals surface area contributed by atoms with Gasteiger partial charge >= 0.3 is 5.97 Å². The number of Topliss-reactive ketones (excluding diaryl/α,β-unsaturated/α-hetero) is 1. The van der Waals surface area contributed by atoms with E-state index in [2.05, 4.69) is 30.7 Å². The van der Waals surface area contributed by atoms with Gasteiger partial charge in [0.2, 0.25) is 5.78 Å². The van der Waals surface area contributed by atoms with E-state index in [-0.39, 0.29) is 16.6 Å². The number of ketones is 1. The fraction of sp³-hybridized carbons (Fsp3) is 0.389. The molecule has 1 aliphatic heterocycles. The number of carboxylic acids is 1. The highest BCUT2D eigenvalue weighted by Gasteiger charge is 2.35. The molecule has 6 nitrogen and oxygen atoms in total. The molecule has 4 aromatic rings. The van der Waals surface area contributed by atoms with Crippen LogP contribution in [0.25, 0.3) is 10.9 Å². The third-order valence-electron chi connectivity index (χ3n) is 8.06. The van der Waals surface area contributed by atoms with Crippen LogP contribution in [0.5, 0.6) is 5.75 Å². The number of fused-ring (bicyclic) bond motifs is 1. The number of carbonyl (C=O) groups excluding carboxylic acids is 1. The molecule has 2 heterocycles. The highest BCUT2D eigenvalue weighted by Crippen LogP contribution is 2.44. The van der Waals surface area contributed by atoms with Crippen LogP contribution in [0.4, 0.5) is 0 Å². The van der Waals surface area contributed by atoms with Gasteiger partial charge in [-0.1, -0.05) is 56.1 Å². The fourth-order valence-electron chi connectivity index (χ4n) is 5.69. The Morgan fingerprint density at radius 2 is 1.64 bits per heavy atom. The first kappa shape index (κ1) is 33.4. The maximum atomic E-state index is 13.8. The normalized spacial score (nSPS) is 16.2. The summed E-state index contributed by atoms with van der Waals surface area (Å²) in [7, 11) is 0. The van der Waals surface area contributed by atoms with Gasteiger partial charge in [-0.05, 0) is 93.4 Å². The molecule has 1 fully saturated rings. The van der Waals surface area contributed by atoms with Gasteiger partial charge in [0.25, 0.3) is 0 Å². The number of benzene rings is 3. The molecule has 45 heavy (non-hydrogen) atoms. The molecule has 3 aromatic carbocycles. The lowest BCUT2D eigenvalue weighted by atomic mass is 9.88. The quantitative estimate of drug-likeness (QED) is 0.123. The number of halogens is 2. The summed E-state index contributed by atoms with van der Waals surface area (Å²) in [6.45, 7) is 11.4. The van der Waals surface area contributed by atoms with Gasteiger partial charge < -0.3 is 19.7 Å². The molecule has 0 aliphatic carbocycles. The van der Waals surface area contributed by atoms with E-state index in [1.165, 1.54) is 0 Å². The first-order valence-electron chi connectivity index (χ1n) is 15.2. The molecule has 0 radical (unpaired) electrons. The lowest BCUT2D eigenvalue weighted by Crippen LogP contribution is -2.44. The Labute approximate surface area is 279 Å². The standard InChI is InChI=1S/C36H40Cl2N2O4S/c1-35(2,3)45-33-27-19-26(44-32(28-7-6-18-39-28)31(41)23-10-14-25(38)15-11-23)16-17-29(27)40(21-22-8-12-24(37)13-9-22)30(33)20-36(4,5)34(42)43/h8-17,19,28,32,39H,6-7,18,20-21H2,1-5H3,(H,42,43)/t28?,32-/m0/s1. The van der Waals surface area contributed by atoms with Crippen molar-refractivity contribution in [2.45, 2.75) is 82.2 Å². The van der Waals surface area contributed by atoms with E-state index < -0.39 is 17.5 Å². The van der Waals surface area contributed by atoms with E-state index >= 15 is 0 Å². The Balaban J connectivity index is 1.63. The molecule has 2 N–H and O–H groups in total. The minimum absolute atomic E-state index is 0.0975. The van der Waals surface area contributed by atoms with E-state index in [9.17, 15) is 14.7 Å². The molecule has 0 bridgehead atoms. The Morgan fingerprint density at radius 3 is 2.22 bits per heavy atom. The van der Waals surface area contributed by atoms with Crippen LogP contribution in [0, 0.1) is 5.41 Å². The molecule has 0 spiro atoms. The third-order valence-corrected chi connectivity index (χ3v) is 9.83. The minimum Gasteiger partial charge on any atom is -0.481 e. The van der Waals surface area contributed by atoms with Gasteiger partial charge in [0.05, 0.1) is 11.5 Å². The molecule has 0 saturated carbocycles. The number of ether oxygens (including phenoxy) is 1. The van der Waals surface area contributed by atoms with Crippen LogP contribution < -0.4 is 10.1 Å². The summed E-state index contributed by atoms with van der Waals surface area (Å²) in [5, 5.41) is 15.8. The van der Waals surface area contributed by atoms with Gasteiger partial charge in [0, 0.05) is 54.8 Å². The van der Waals surface area contributed by atoms with Crippen LogP contribution in [0.2, 0.25) is 10.0 Å². The monoisotopic (exact) mass is 666 g/mol. The molecule has 0 amide bonds. The first-order valence-corrected chi connectivity index (χ1v) is 16.8. The van der Waals surface area contributed by atoms with Crippen molar-refractivity contribution in [2.75, 3.05) is 6.54 Å². The number of rotatable bonds is 11. The summed E-state index contributed by atoms with van der Waals surface area (Å²) in [6.07, 6.45) is 1.43. The van der Waals surface area contributed by atoms with E-state index in [0.29, 0.717) is 34.3 Å². The number of nitrogens with zero attached hydrogens (tertiary/aromatic N) is 1. The second-order valence-corrected chi connectivity index (χ2v) is 16.1. The van der Waals surface area contributed by atoms with Crippen LogP contribution in [0.15, 0.2) is 71.6 Å². The van der Waals surface area contributed by atoms with Crippen molar-refractivity contribution in [3.05, 3.63) is 93.6 Å². The Bertz CT molecular complexity index is 1690. The summed E-state index contributed by atoms with van der Waals surface area (Å²) in [5.41, 5.74) is 2.54. The Kier molecular flexibility index (Phi) is 9.95. The van der Waals surface area contributed by atoms with E-state index in [1.54, 1.807) is 49.9 Å². The van der Waals surface area contributed by atoms with Crippen LogP contribution in [-0.2, 0) is 17.8 Å². The molecule has 1 aliphatic rings. The summed E-state index contributed by atoms with van der Waals surface area (Å²) in [5.74, 6) is -0.360. The minimum atomic E-state index is -0.997. The molecule has 1 aromatic heterocycles. The van der Waals surface area contributed by atoms with Gasteiger partial charge in [-0.15, -0.1) is 11.8 Å². The van der Waals surface area contributed by atoms with Crippen molar-refractivity contribution in [3.63, 3.8) is 0 Å². The summed E-state index contributed by atoms with van der Waals surface area (Å²) >= 11 is 14.0. The fourth-order valence-corrected chi connectivity index (χ4v) is 7.12. The molecule has 1 saturated heterocycles. The highest BCUT2D eigenvalue weighted by molar-refractivity contribution is 8.00. The zero-order chi connectivity index (χ0) is 32.5. The zero-order valence-corrected chi connectivity index (χ0v) is 28.7. The number of hydrogen-bond donors (Lipinski definition) is 2. The topological polar surface area (TPSA) is 80.6 Å². The third kappa shape index (κ3) is 7.89. The van der Waals surface area contributed by atoms with Crippen molar-refractivity contribution in [2.24, 2.45) is 5.41 Å². The van der Waals surface area contributed by atoms with Crippen molar-refractivity contribution in [3.8, 4) is 5.75 Å². The van der Waals surface area contributed by atoms with Gasteiger partial charge in [0.1, 0.15) is 5.75 Å². The number of hydrogen-bond acceptors (Lipinski definition) is 5. The predicted molar refractivity (Wildman–Crippen MR) is 184 cm³/mol. The lowest BCUT2D eigenvalue weighted by Gasteiger charge is -2.24. The maximum absolute atomic E-state index is 13.8. The molecule has 2 atom stereocenters. The average molecular weight is 668 g/mol. The van der Waals surface area contributed by atoms with Crippen molar-refractivity contribution < 1.29 is 19.4 Å². The number of nitrogens with one attached hydrogen (secondary N) is 1. The largest absolute Gasteiger partial charge is 0.481 e. The first-order chi connectivity index (χ1) is 21.2. The lowest BCUT2D eigenvalue weighted by molar-refractivity contribution is -0.146. The number of carbonyl (C=O) groups is 2. The molecular formula is C36H40Cl2N2O4S. The average Bonchev–Trinajstić information content (AvgIpc) is 3.60. The number of aromatic nitrogens is 1. The van der Waals surface area contributed by atoms with Gasteiger partial charge in [-0.25, -0.2) is 0 Å². The van der Waals surface area contributed by atoms with Gasteiger partial charge in [-0.3, -0.25) is 9.59 Å². The zero-order valence-electron chi connectivity index (χ0n) is 26.3. The van der Waals surface area contributed by atoms with Crippen molar-refractivity contribution >= 4 is 57.6 Å². The van der Waals surface area contributed by atoms with Gasteiger partial charge in [0.15, 0.2) is 6.10 Å². The molecule has 238 valence electrons. The predicted octanol–water partition coefficient (Wildman–Crippen LogP) is 8.92. The number of thioether (sulfide) groups is 1. The molecule has 5 rings (SSSR count). The number of carboxylic acid groups (broad SMARTS) is 1. The van der Waals surface area contributed by atoms with Crippen molar-refractivity contribution in [1.29, 1.82) is 0 Å². The summed E-state index contributed by atoms with van der Waals surface area (Å²) < 4.78 is 8.65. The van der Waals surface area contributed by atoms with Crippen LogP contribution >= 0.6 is 35.0 Å². The van der Waals surface area contributed by atoms with E-state index in [0.717, 1.165) is 46.4 Å². The van der Waals surface area contributed by atoms with Gasteiger partial charge in [-0.2, -0.15) is 0 Å². The molecular weight excluding hydrogens is 627 g/mol. The Hall–Kier alpha value is -2.97. The van der Waals surface area contributed by atoms with E-state index in [4.69, 9.17) is 27.9 Å². The smallest absolute Gasteiger partial charge is 0.309 e. The van der Waals surface area contributed by atoms with Crippen LogP contribution in [0.3, 0.4) is 0 Å². The summed E-state index contributed by atoms with van der Waals surface area (Å²) in [4.78, 5) is 27.2. The van der Waals surface area contributed by atoms with Crippen LogP contribution in [0.1, 0.15) is 69.1 Å². The SMILES string of the molecule is CC(C)(C)Sc1c(CC(C)(C)C(=O)O)n(Cc2ccc(Cl)cc2)c2ccc(O[C@H](C(=O)c3ccc(Cl)cc3)C3CCCN3)cc12. The van der Waals surface area contributed by atoms with E-state index in [1.807, 2.05) is 42.5 Å². The highest BCUT2D eigenvalue weighted by atomic mass is 35.5. The number of aliphatic carboxylic acids is 1. The molecule has 1 unspecified atom stereocenters. The maximum Gasteiger partial charge on any atom is 0.309 e. The molecule has 9 heteroatoms. The summed E-state index contributed by atoms with van der Waals surface area (Å²) in [6, 6.07) is 20.5. The second kappa shape index (κ2) is 13.4. The van der Waals surface area contributed by atoms with Crippen LogP contribution in [-0.4, -0.2) is 44.9 Å². The van der Waals surface area contributed by atoms with Crippen molar-refractivity contribution in [1.82, 2.24) is 9.88 Å². The second-order valence-electron chi connectivity index (χ2n) is 13.4. The Morgan fingerprint density at radius 1 is 1.00 bits per heavy atom.